The predicted octanol–water partition coefficient (Wildman–Crippen LogP) is 1.93. The van der Waals surface area contributed by atoms with Crippen molar-refractivity contribution in [1.29, 1.82) is 0 Å². The lowest BCUT2D eigenvalue weighted by Crippen LogP contribution is -2.48. The molecule has 2 aromatic rings. The van der Waals surface area contributed by atoms with Crippen LogP contribution in [0.4, 0.5) is 11.9 Å². The van der Waals surface area contributed by atoms with Gasteiger partial charge >= 0.3 is 0 Å². The standard InChI is InChI=1S/C18H27ClN6O/c1-13(26)12-25(9-6-14-2-4-15(19)5-3-14)16-7-10-24(11-8-16)18-21-17(20)22-23-18/h2-5,13,16,26H,6-12H2,1H3,(H3,20,21,22,23)/t13-/m0/s1. The first kappa shape index (κ1) is 18.9. The highest BCUT2D eigenvalue weighted by Crippen LogP contribution is 2.21. The Morgan fingerprint density at radius 3 is 2.62 bits per heavy atom. The van der Waals surface area contributed by atoms with E-state index in [2.05, 4.69) is 37.1 Å². The summed E-state index contributed by atoms with van der Waals surface area (Å²) in [4.78, 5) is 8.77. The van der Waals surface area contributed by atoms with Crippen molar-refractivity contribution in [3.8, 4) is 0 Å². The Balaban J connectivity index is 1.56. The molecule has 142 valence electrons. The number of piperidine rings is 1. The van der Waals surface area contributed by atoms with E-state index in [0.29, 0.717) is 24.5 Å². The normalized spacial score (nSPS) is 17.0. The van der Waals surface area contributed by atoms with Crippen LogP contribution in [0.25, 0.3) is 0 Å². The van der Waals surface area contributed by atoms with Gasteiger partial charge in [0, 0.05) is 37.2 Å². The first-order valence-electron chi connectivity index (χ1n) is 9.10. The molecule has 7 nitrogen and oxygen atoms in total. The van der Waals surface area contributed by atoms with Gasteiger partial charge in [0.15, 0.2) is 0 Å². The van der Waals surface area contributed by atoms with E-state index in [1.165, 1.54) is 5.56 Å². The first-order valence-corrected chi connectivity index (χ1v) is 9.48. The van der Waals surface area contributed by atoms with Crippen molar-refractivity contribution in [2.24, 2.45) is 0 Å². The zero-order chi connectivity index (χ0) is 18.5. The molecule has 3 rings (SSSR count). The SMILES string of the molecule is C[C@H](O)CN(CCc1ccc(Cl)cc1)C1CCN(c2n[nH]c(N)n2)CC1. The van der Waals surface area contributed by atoms with E-state index in [4.69, 9.17) is 17.3 Å². The second kappa shape index (κ2) is 8.70. The number of nitrogens with one attached hydrogen (secondary N) is 1. The molecule has 1 aromatic heterocycles. The third-order valence-corrected chi connectivity index (χ3v) is 5.11. The number of anilines is 2. The fourth-order valence-electron chi connectivity index (χ4n) is 3.52. The molecule has 1 aliphatic rings. The average Bonchev–Trinajstić information content (AvgIpc) is 3.06. The summed E-state index contributed by atoms with van der Waals surface area (Å²) < 4.78 is 0. The third kappa shape index (κ3) is 5.09. The topological polar surface area (TPSA) is 94.3 Å². The molecule has 1 aliphatic heterocycles. The number of nitrogens with two attached hydrogens (primary N) is 1. The second-order valence-corrected chi connectivity index (χ2v) is 7.40. The Kier molecular flexibility index (Phi) is 6.34. The maximum absolute atomic E-state index is 9.91. The maximum Gasteiger partial charge on any atom is 0.246 e. The summed E-state index contributed by atoms with van der Waals surface area (Å²) in [6.07, 6.45) is 2.64. The van der Waals surface area contributed by atoms with Gasteiger partial charge < -0.3 is 15.7 Å². The summed E-state index contributed by atoms with van der Waals surface area (Å²) >= 11 is 5.96. The number of aromatic nitrogens is 3. The average molecular weight is 379 g/mol. The van der Waals surface area contributed by atoms with Gasteiger partial charge in [-0.2, -0.15) is 4.98 Å². The van der Waals surface area contributed by atoms with Crippen LogP contribution < -0.4 is 10.6 Å². The van der Waals surface area contributed by atoms with E-state index in [1.54, 1.807) is 0 Å². The number of aliphatic hydroxyl groups is 1. The molecule has 1 fully saturated rings. The van der Waals surface area contributed by atoms with Crippen molar-refractivity contribution < 1.29 is 5.11 Å². The number of halogens is 1. The molecule has 2 heterocycles. The highest BCUT2D eigenvalue weighted by Gasteiger charge is 2.26. The van der Waals surface area contributed by atoms with E-state index in [0.717, 1.165) is 43.9 Å². The number of hydrogen-bond donors (Lipinski definition) is 3. The van der Waals surface area contributed by atoms with E-state index in [9.17, 15) is 5.11 Å². The fraction of sp³-hybridized carbons (Fsp3) is 0.556. The van der Waals surface area contributed by atoms with Crippen LogP contribution in [0.5, 0.6) is 0 Å². The van der Waals surface area contributed by atoms with Crippen LogP contribution in [0.3, 0.4) is 0 Å². The quantitative estimate of drug-likeness (QED) is 0.681. The van der Waals surface area contributed by atoms with Crippen molar-refractivity contribution in [2.45, 2.75) is 38.3 Å². The molecule has 1 aromatic carbocycles. The van der Waals surface area contributed by atoms with Crippen LogP contribution in [0.15, 0.2) is 24.3 Å². The van der Waals surface area contributed by atoms with Crippen molar-refractivity contribution in [2.75, 3.05) is 36.8 Å². The van der Waals surface area contributed by atoms with Gasteiger partial charge in [0.05, 0.1) is 6.10 Å². The highest BCUT2D eigenvalue weighted by molar-refractivity contribution is 6.30. The largest absolute Gasteiger partial charge is 0.392 e. The highest BCUT2D eigenvalue weighted by atomic mass is 35.5. The number of hydrogen-bond acceptors (Lipinski definition) is 6. The van der Waals surface area contributed by atoms with E-state index in [1.807, 2.05) is 19.1 Å². The number of aromatic amines is 1. The Morgan fingerprint density at radius 1 is 1.35 bits per heavy atom. The van der Waals surface area contributed by atoms with Crippen molar-refractivity contribution >= 4 is 23.5 Å². The van der Waals surface area contributed by atoms with E-state index >= 15 is 0 Å². The number of rotatable bonds is 7. The monoisotopic (exact) mass is 378 g/mol. The molecule has 8 heteroatoms. The van der Waals surface area contributed by atoms with Crippen molar-refractivity contribution in [3.05, 3.63) is 34.9 Å². The zero-order valence-electron chi connectivity index (χ0n) is 15.1. The molecule has 0 aliphatic carbocycles. The van der Waals surface area contributed by atoms with Gasteiger partial charge in [-0.25, -0.2) is 5.10 Å². The van der Waals surface area contributed by atoms with Gasteiger partial charge in [-0.15, -0.1) is 5.10 Å². The Hall–Kier alpha value is -1.83. The van der Waals surface area contributed by atoms with Crippen molar-refractivity contribution in [1.82, 2.24) is 20.1 Å². The van der Waals surface area contributed by atoms with Gasteiger partial charge in [-0.05, 0) is 43.9 Å². The van der Waals surface area contributed by atoms with Crippen LogP contribution in [0, 0.1) is 0 Å². The molecule has 4 N–H and O–H groups in total. The van der Waals surface area contributed by atoms with Gasteiger partial charge in [-0.1, -0.05) is 23.7 Å². The summed E-state index contributed by atoms with van der Waals surface area (Å²) in [5.41, 5.74) is 6.88. The fourth-order valence-corrected chi connectivity index (χ4v) is 3.65. The summed E-state index contributed by atoms with van der Waals surface area (Å²) in [6, 6.07) is 8.44. The van der Waals surface area contributed by atoms with Gasteiger partial charge in [-0.3, -0.25) is 4.90 Å². The smallest absolute Gasteiger partial charge is 0.246 e. The van der Waals surface area contributed by atoms with E-state index < -0.39 is 0 Å². The first-order chi connectivity index (χ1) is 12.5. The number of H-pyrrole nitrogens is 1. The summed E-state index contributed by atoms with van der Waals surface area (Å²) in [5, 5.41) is 17.5. The number of nitrogens with zero attached hydrogens (tertiary/aromatic N) is 4. The minimum absolute atomic E-state index is 0.342. The van der Waals surface area contributed by atoms with Crippen molar-refractivity contribution in [3.63, 3.8) is 0 Å². The number of aliphatic hydroxyl groups excluding tert-OH is 1. The molecule has 0 unspecified atom stereocenters. The molecule has 0 radical (unpaired) electrons. The summed E-state index contributed by atoms with van der Waals surface area (Å²) in [6.45, 7) is 5.23. The molecule has 0 bridgehead atoms. The van der Waals surface area contributed by atoms with Crippen LogP contribution >= 0.6 is 11.6 Å². The molecule has 1 saturated heterocycles. The van der Waals surface area contributed by atoms with Crippen LogP contribution in [0.1, 0.15) is 25.3 Å². The summed E-state index contributed by atoms with van der Waals surface area (Å²) in [7, 11) is 0. The molecule has 0 spiro atoms. The molecule has 1 atom stereocenters. The molecular formula is C18H27ClN6O. The zero-order valence-corrected chi connectivity index (χ0v) is 15.9. The second-order valence-electron chi connectivity index (χ2n) is 6.96. The maximum atomic E-state index is 9.91. The number of benzene rings is 1. The van der Waals surface area contributed by atoms with Crippen LogP contribution in [-0.2, 0) is 6.42 Å². The lowest BCUT2D eigenvalue weighted by Gasteiger charge is -2.38. The lowest BCUT2D eigenvalue weighted by atomic mass is 10.0. The molecule has 0 saturated carbocycles. The van der Waals surface area contributed by atoms with Gasteiger partial charge in [0.1, 0.15) is 0 Å². The van der Waals surface area contributed by atoms with Crippen LogP contribution in [0.2, 0.25) is 5.02 Å². The van der Waals surface area contributed by atoms with Gasteiger partial charge in [0.25, 0.3) is 0 Å². The predicted molar refractivity (Wildman–Crippen MR) is 104 cm³/mol. The van der Waals surface area contributed by atoms with E-state index in [-0.39, 0.29) is 6.10 Å². The third-order valence-electron chi connectivity index (χ3n) is 4.85. The Morgan fingerprint density at radius 2 is 2.04 bits per heavy atom. The molecule has 26 heavy (non-hydrogen) atoms. The minimum atomic E-state index is -0.342. The lowest BCUT2D eigenvalue weighted by molar-refractivity contribution is 0.0884. The van der Waals surface area contributed by atoms with Gasteiger partial charge in [0.2, 0.25) is 11.9 Å². The molecular weight excluding hydrogens is 352 g/mol. The minimum Gasteiger partial charge on any atom is -0.392 e. The van der Waals surface area contributed by atoms with Crippen LogP contribution in [-0.4, -0.2) is 63.5 Å². The summed E-state index contributed by atoms with van der Waals surface area (Å²) in [5.74, 6) is 1.02. The Bertz CT molecular complexity index is 681. The molecule has 0 amide bonds. The Labute approximate surface area is 159 Å². The number of nitrogen functional groups attached to an aromatic ring is 1.